The molecule has 1 aromatic carbocycles. The average molecular weight is 443 g/mol. The molecular formula is C23H20F3N3OS. The monoisotopic (exact) mass is 443 g/mol. The van der Waals surface area contributed by atoms with E-state index >= 15 is 0 Å². The predicted octanol–water partition coefficient (Wildman–Crippen LogP) is 5.63. The first-order valence-corrected chi connectivity index (χ1v) is 10.8. The SMILES string of the molecule is CCc1ccc(C2C(C#N)=C(N)N(c3ccccc3C(F)(F)F)C3=C2C(=O)CCC3)s1. The second-order valence-electron chi connectivity index (χ2n) is 7.49. The zero-order chi connectivity index (χ0) is 22.3. The van der Waals surface area contributed by atoms with Gasteiger partial charge in [-0.15, -0.1) is 11.3 Å². The first-order valence-electron chi connectivity index (χ1n) is 9.98. The molecule has 160 valence electrons. The van der Waals surface area contributed by atoms with Crippen molar-refractivity contribution in [2.45, 2.75) is 44.7 Å². The van der Waals surface area contributed by atoms with Gasteiger partial charge >= 0.3 is 6.18 Å². The number of allylic oxidation sites excluding steroid dienone is 3. The summed E-state index contributed by atoms with van der Waals surface area (Å²) in [4.78, 5) is 16.2. The van der Waals surface area contributed by atoms with Crippen LogP contribution in [0.25, 0.3) is 0 Å². The van der Waals surface area contributed by atoms with E-state index in [1.165, 1.54) is 34.4 Å². The van der Waals surface area contributed by atoms with Gasteiger partial charge in [-0.3, -0.25) is 9.69 Å². The van der Waals surface area contributed by atoms with Crippen LogP contribution in [0.4, 0.5) is 18.9 Å². The number of nitriles is 1. The van der Waals surface area contributed by atoms with Crippen LogP contribution in [0, 0.1) is 11.3 Å². The van der Waals surface area contributed by atoms with E-state index in [-0.39, 0.29) is 22.9 Å². The molecule has 31 heavy (non-hydrogen) atoms. The molecule has 4 nitrogen and oxygen atoms in total. The molecule has 2 aromatic rings. The molecule has 0 spiro atoms. The van der Waals surface area contributed by atoms with Crippen LogP contribution in [-0.2, 0) is 17.4 Å². The summed E-state index contributed by atoms with van der Waals surface area (Å²) >= 11 is 1.50. The number of anilines is 1. The lowest BCUT2D eigenvalue weighted by Gasteiger charge is -2.40. The molecule has 2 N–H and O–H groups in total. The number of alkyl halides is 3. The summed E-state index contributed by atoms with van der Waals surface area (Å²) in [6.45, 7) is 2.01. The number of benzene rings is 1. The summed E-state index contributed by atoms with van der Waals surface area (Å²) < 4.78 is 41.3. The second kappa shape index (κ2) is 7.89. The molecule has 1 aliphatic heterocycles. The van der Waals surface area contributed by atoms with Crippen LogP contribution in [0.3, 0.4) is 0 Å². The van der Waals surface area contributed by atoms with Gasteiger partial charge in [0.25, 0.3) is 0 Å². The molecule has 2 heterocycles. The molecule has 8 heteroatoms. The quantitative estimate of drug-likeness (QED) is 0.667. The van der Waals surface area contributed by atoms with Crippen molar-refractivity contribution in [2.75, 3.05) is 4.90 Å². The summed E-state index contributed by atoms with van der Waals surface area (Å²) in [6.07, 6.45) is -2.56. The number of ketones is 1. The molecule has 1 aliphatic carbocycles. The number of aryl methyl sites for hydroxylation is 1. The van der Waals surface area contributed by atoms with Crippen molar-refractivity contribution in [1.82, 2.24) is 0 Å². The molecule has 1 unspecified atom stereocenters. The summed E-state index contributed by atoms with van der Waals surface area (Å²) in [6, 6.07) is 11.0. The highest BCUT2D eigenvalue weighted by molar-refractivity contribution is 7.12. The Balaban J connectivity index is 1.99. The van der Waals surface area contributed by atoms with Crippen molar-refractivity contribution in [2.24, 2.45) is 5.73 Å². The normalized spacial score (nSPS) is 19.5. The third-order valence-electron chi connectivity index (χ3n) is 5.68. The van der Waals surface area contributed by atoms with Gasteiger partial charge in [0.05, 0.1) is 28.8 Å². The highest BCUT2D eigenvalue weighted by Crippen LogP contribution is 2.49. The fraction of sp³-hybridized carbons (Fsp3) is 0.304. The Morgan fingerprint density at radius 2 is 1.97 bits per heavy atom. The van der Waals surface area contributed by atoms with Gasteiger partial charge in [-0.1, -0.05) is 19.1 Å². The number of nitrogens with zero attached hydrogens (tertiary/aromatic N) is 2. The molecule has 0 saturated carbocycles. The lowest BCUT2D eigenvalue weighted by molar-refractivity contribution is -0.137. The molecule has 0 amide bonds. The topological polar surface area (TPSA) is 70.1 Å². The first-order chi connectivity index (χ1) is 14.8. The molecule has 4 rings (SSSR count). The number of rotatable bonds is 3. The van der Waals surface area contributed by atoms with Gasteiger partial charge < -0.3 is 5.73 Å². The zero-order valence-corrected chi connectivity index (χ0v) is 17.6. The van der Waals surface area contributed by atoms with Crippen molar-refractivity contribution in [3.63, 3.8) is 0 Å². The maximum absolute atomic E-state index is 13.8. The van der Waals surface area contributed by atoms with E-state index in [0.717, 1.165) is 22.2 Å². The van der Waals surface area contributed by atoms with Crippen LogP contribution < -0.4 is 10.6 Å². The Morgan fingerprint density at radius 3 is 2.61 bits per heavy atom. The van der Waals surface area contributed by atoms with Crippen LogP contribution in [0.15, 0.2) is 59.1 Å². The maximum Gasteiger partial charge on any atom is 0.418 e. The number of nitrogens with two attached hydrogens (primary N) is 1. The van der Waals surface area contributed by atoms with Crippen LogP contribution in [0.5, 0.6) is 0 Å². The lowest BCUT2D eigenvalue weighted by atomic mass is 9.78. The summed E-state index contributed by atoms with van der Waals surface area (Å²) in [5.41, 5.74) is 6.30. The van der Waals surface area contributed by atoms with Gasteiger partial charge in [-0.2, -0.15) is 18.4 Å². The molecule has 2 aliphatic rings. The van der Waals surface area contributed by atoms with E-state index in [1.54, 1.807) is 0 Å². The molecule has 0 saturated heterocycles. The fourth-order valence-corrected chi connectivity index (χ4v) is 5.37. The highest BCUT2D eigenvalue weighted by Gasteiger charge is 2.43. The molecule has 0 bridgehead atoms. The number of carbonyl (C=O) groups excluding carboxylic acids is 1. The Hall–Kier alpha value is -3.05. The third kappa shape index (κ3) is 3.53. The van der Waals surface area contributed by atoms with E-state index in [2.05, 4.69) is 6.07 Å². The van der Waals surface area contributed by atoms with E-state index in [9.17, 15) is 23.2 Å². The van der Waals surface area contributed by atoms with Crippen molar-refractivity contribution in [3.8, 4) is 6.07 Å². The van der Waals surface area contributed by atoms with E-state index < -0.39 is 17.7 Å². The number of carbonyl (C=O) groups is 1. The van der Waals surface area contributed by atoms with E-state index in [0.29, 0.717) is 30.5 Å². The molecular weight excluding hydrogens is 423 g/mol. The lowest BCUT2D eigenvalue weighted by Crippen LogP contribution is -2.39. The summed E-state index contributed by atoms with van der Waals surface area (Å²) in [7, 11) is 0. The smallest absolute Gasteiger partial charge is 0.384 e. The zero-order valence-electron chi connectivity index (χ0n) is 16.8. The Labute approximate surface area is 182 Å². The molecule has 0 fully saturated rings. The number of thiophene rings is 1. The standard InChI is InChI=1S/C23H20F3N3OS/c1-2-13-10-11-19(31-13)20-14(12-27)22(28)29(17-8-5-9-18(30)21(17)20)16-7-4-3-6-15(16)23(24,25)26/h3-4,6-7,10-11,20H,2,5,8-9,28H2,1H3. The molecule has 1 aromatic heterocycles. The summed E-state index contributed by atoms with van der Waals surface area (Å²) in [5.74, 6) is -0.844. The third-order valence-corrected chi connectivity index (χ3v) is 6.97. The van der Waals surface area contributed by atoms with Gasteiger partial charge in [0.2, 0.25) is 0 Å². The number of para-hydroxylation sites is 1. The van der Waals surface area contributed by atoms with E-state index in [4.69, 9.17) is 5.73 Å². The predicted molar refractivity (Wildman–Crippen MR) is 113 cm³/mol. The van der Waals surface area contributed by atoms with Crippen LogP contribution in [0.2, 0.25) is 0 Å². The fourth-order valence-electron chi connectivity index (χ4n) is 4.29. The van der Waals surface area contributed by atoms with E-state index in [1.807, 2.05) is 19.1 Å². The van der Waals surface area contributed by atoms with Gasteiger partial charge in [-0.25, -0.2) is 0 Å². The van der Waals surface area contributed by atoms with Gasteiger partial charge in [0.1, 0.15) is 5.82 Å². The molecule has 1 atom stereocenters. The van der Waals surface area contributed by atoms with Crippen LogP contribution >= 0.6 is 11.3 Å². The Bertz CT molecular complexity index is 1150. The van der Waals surface area contributed by atoms with Crippen molar-refractivity contribution < 1.29 is 18.0 Å². The number of hydrogen-bond donors (Lipinski definition) is 1. The largest absolute Gasteiger partial charge is 0.418 e. The van der Waals surface area contributed by atoms with Crippen LogP contribution in [-0.4, -0.2) is 5.78 Å². The summed E-state index contributed by atoms with van der Waals surface area (Å²) in [5, 5.41) is 9.96. The van der Waals surface area contributed by atoms with Crippen LogP contribution in [0.1, 0.15) is 47.4 Å². The maximum atomic E-state index is 13.8. The van der Waals surface area contributed by atoms with Gasteiger partial charge in [0.15, 0.2) is 5.78 Å². The Kier molecular flexibility index (Phi) is 5.40. The average Bonchev–Trinajstić information content (AvgIpc) is 3.21. The van der Waals surface area contributed by atoms with Crippen molar-refractivity contribution in [1.29, 1.82) is 5.26 Å². The first kappa shape index (κ1) is 21.2. The van der Waals surface area contributed by atoms with Gasteiger partial charge in [-0.05, 0) is 43.5 Å². The minimum absolute atomic E-state index is 0.0518. The highest BCUT2D eigenvalue weighted by atomic mass is 32.1. The minimum Gasteiger partial charge on any atom is -0.384 e. The van der Waals surface area contributed by atoms with Crippen molar-refractivity contribution >= 4 is 22.8 Å². The minimum atomic E-state index is -4.61. The number of halogens is 3. The second-order valence-corrected chi connectivity index (χ2v) is 8.69. The Morgan fingerprint density at radius 1 is 1.23 bits per heavy atom. The van der Waals surface area contributed by atoms with Gasteiger partial charge in [0, 0.05) is 27.4 Å². The van der Waals surface area contributed by atoms with Crippen molar-refractivity contribution in [3.05, 3.63) is 74.4 Å². The number of Topliss-reactive ketones (excluding diaryl/α,β-unsaturated/α-hetero) is 1. The molecule has 0 radical (unpaired) electrons. The number of hydrogen-bond acceptors (Lipinski definition) is 5.